The Balaban J connectivity index is 2.10. The second kappa shape index (κ2) is 8.45. The Morgan fingerprint density at radius 2 is 1.44 bits per heavy atom. The lowest BCUT2D eigenvalue weighted by Gasteiger charge is -2.31. The first kappa shape index (κ1) is 24.1. The molecule has 2 aromatic heterocycles. The molecule has 6 heteroatoms. The number of nitrogens with one attached hydrogen (secondary N) is 1. The summed E-state index contributed by atoms with van der Waals surface area (Å²) >= 11 is 0. The van der Waals surface area contributed by atoms with Gasteiger partial charge in [0, 0.05) is 41.0 Å². The van der Waals surface area contributed by atoms with E-state index in [4.69, 9.17) is 9.47 Å². The lowest BCUT2D eigenvalue weighted by atomic mass is 9.78. The van der Waals surface area contributed by atoms with Crippen LogP contribution in [0, 0.1) is 27.7 Å². The minimum absolute atomic E-state index is 0.00918. The number of nitrogens with zero attached hydrogens (tertiary/aromatic N) is 1. The molecule has 1 unspecified atom stereocenters. The van der Waals surface area contributed by atoms with Crippen LogP contribution in [0.15, 0.2) is 0 Å². The predicted octanol–water partition coefficient (Wildman–Crippen LogP) is 4.71. The monoisotopic (exact) mass is 442 g/mol. The number of carbonyl (C=O) groups excluding carboxylic acids is 2. The number of ether oxygens (including phenoxy) is 2. The Labute approximate surface area is 191 Å². The third kappa shape index (κ3) is 3.78. The molecule has 0 amide bonds. The summed E-state index contributed by atoms with van der Waals surface area (Å²) < 4.78 is 12.2. The van der Waals surface area contributed by atoms with Gasteiger partial charge in [0.15, 0.2) is 0 Å². The van der Waals surface area contributed by atoms with Crippen molar-refractivity contribution in [2.45, 2.75) is 91.5 Å². The number of rotatable bonds is 7. The Hall–Kier alpha value is -2.50. The molecule has 0 radical (unpaired) electrons. The molecule has 0 saturated heterocycles. The fourth-order valence-electron chi connectivity index (χ4n) is 6.26. The number of aromatic amines is 1. The fourth-order valence-corrected chi connectivity index (χ4v) is 6.26. The number of hydrogen-bond donors (Lipinski definition) is 1. The average Bonchev–Trinajstić information content (AvgIpc) is 3.25. The molecule has 1 aliphatic rings. The third-order valence-electron chi connectivity index (χ3n) is 7.47. The van der Waals surface area contributed by atoms with E-state index in [1.165, 1.54) is 53.6 Å². The zero-order chi connectivity index (χ0) is 24.0. The molecule has 32 heavy (non-hydrogen) atoms. The van der Waals surface area contributed by atoms with E-state index in [9.17, 15) is 9.59 Å². The first-order valence-electron chi connectivity index (χ1n) is 11.4. The highest BCUT2D eigenvalue weighted by molar-refractivity contribution is 5.70. The van der Waals surface area contributed by atoms with Crippen LogP contribution < -0.4 is 0 Å². The lowest BCUT2D eigenvalue weighted by Crippen LogP contribution is -2.31. The van der Waals surface area contributed by atoms with Gasteiger partial charge in [-0.2, -0.15) is 0 Å². The van der Waals surface area contributed by atoms with Crippen molar-refractivity contribution in [3.05, 3.63) is 45.0 Å². The molecule has 1 atom stereocenters. The molecule has 3 rings (SSSR count). The lowest BCUT2D eigenvalue weighted by molar-refractivity contribution is -0.141. The molecule has 0 aromatic carbocycles. The Morgan fingerprint density at radius 1 is 0.906 bits per heavy atom. The minimum atomic E-state index is -0.241. The summed E-state index contributed by atoms with van der Waals surface area (Å²) in [5.74, 6) is -0.363. The topological polar surface area (TPSA) is 73.3 Å². The highest BCUT2D eigenvalue weighted by Gasteiger charge is 2.50. The largest absolute Gasteiger partial charge is 0.469 e. The zero-order valence-electron chi connectivity index (χ0n) is 21.1. The van der Waals surface area contributed by atoms with Crippen LogP contribution in [0.4, 0.5) is 0 Å². The number of methoxy groups -OCH3 is 2. The maximum absolute atomic E-state index is 11.8. The zero-order valence-corrected chi connectivity index (χ0v) is 21.1. The van der Waals surface area contributed by atoms with Crippen LogP contribution in [0.1, 0.15) is 85.1 Å². The van der Waals surface area contributed by atoms with Gasteiger partial charge in [0.25, 0.3) is 0 Å². The Kier molecular flexibility index (Phi) is 6.38. The molecule has 2 aromatic rings. The van der Waals surface area contributed by atoms with Gasteiger partial charge in [-0.15, -0.1) is 0 Å². The number of aryl methyl sites for hydroxylation is 1. The highest BCUT2D eigenvalue weighted by atomic mass is 16.5. The van der Waals surface area contributed by atoms with Crippen molar-refractivity contribution in [1.82, 2.24) is 9.55 Å². The SMILES string of the molecule is COC(=O)CCc1c(C)[nH]c(C2(C)CC(C)(C)c3c(C)c(CCC(=O)OC)c(C)n32)c1C. The van der Waals surface area contributed by atoms with Crippen LogP contribution in [-0.4, -0.2) is 35.7 Å². The number of esters is 2. The van der Waals surface area contributed by atoms with Crippen LogP contribution in [0.3, 0.4) is 0 Å². The fraction of sp³-hybridized carbons (Fsp3) is 0.615. The minimum Gasteiger partial charge on any atom is -0.469 e. The van der Waals surface area contributed by atoms with Gasteiger partial charge in [0.1, 0.15) is 0 Å². The molecular weight excluding hydrogens is 404 g/mol. The van der Waals surface area contributed by atoms with Gasteiger partial charge in [0.05, 0.1) is 19.8 Å². The van der Waals surface area contributed by atoms with Crippen molar-refractivity contribution >= 4 is 11.9 Å². The van der Waals surface area contributed by atoms with Gasteiger partial charge in [0.2, 0.25) is 0 Å². The summed E-state index contributed by atoms with van der Waals surface area (Å²) in [6.45, 7) is 15.5. The first-order valence-corrected chi connectivity index (χ1v) is 11.4. The number of carbonyl (C=O) groups is 2. The van der Waals surface area contributed by atoms with Gasteiger partial charge < -0.3 is 19.0 Å². The summed E-state index contributed by atoms with van der Waals surface area (Å²) in [6, 6.07) is 0. The van der Waals surface area contributed by atoms with Crippen molar-refractivity contribution < 1.29 is 19.1 Å². The third-order valence-corrected chi connectivity index (χ3v) is 7.47. The van der Waals surface area contributed by atoms with Crippen LogP contribution in [0.2, 0.25) is 0 Å². The van der Waals surface area contributed by atoms with Gasteiger partial charge in [-0.1, -0.05) is 13.8 Å². The summed E-state index contributed by atoms with van der Waals surface area (Å²) in [7, 11) is 2.87. The second-order valence-corrected chi connectivity index (χ2v) is 10.1. The Bertz CT molecular complexity index is 1060. The van der Waals surface area contributed by atoms with Gasteiger partial charge in [-0.25, -0.2) is 0 Å². The molecule has 1 aliphatic heterocycles. The number of hydrogen-bond acceptors (Lipinski definition) is 4. The van der Waals surface area contributed by atoms with E-state index in [1.54, 1.807) is 0 Å². The summed E-state index contributed by atoms with van der Waals surface area (Å²) in [4.78, 5) is 27.2. The predicted molar refractivity (Wildman–Crippen MR) is 125 cm³/mol. The summed E-state index contributed by atoms with van der Waals surface area (Å²) in [5, 5.41) is 0. The van der Waals surface area contributed by atoms with E-state index in [0.717, 1.165) is 12.1 Å². The van der Waals surface area contributed by atoms with Crippen LogP contribution >= 0.6 is 0 Å². The smallest absolute Gasteiger partial charge is 0.305 e. The van der Waals surface area contributed by atoms with Crippen molar-refractivity contribution in [3.8, 4) is 0 Å². The number of aromatic nitrogens is 2. The molecule has 6 nitrogen and oxygen atoms in total. The van der Waals surface area contributed by atoms with Crippen molar-refractivity contribution in [3.63, 3.8) is 0 Å². The molecule has 0 bridgehead atoms. The van der Waals surface area contributed by atoms with Crippen LogP contribution in [0.25, 0.3) is 0 Å². The van der Waals surface area contributed by atoms with Crippen molar-refractivity contribution in [2.75, 3.05) is 14.2 Å². The van der Waals surface area contributed by atoms with Crippen molar-refractivity contribution in [1.29, 1.82) is 0 Å². The number of fused-ring (bicyclic) bond motifs is 1. The Morgan fingerprint density at radius 3 is 1.97 bits per heavy atom. The molecular formula is C26H38N2O4. The maximum atomic E-state index is 11.8. The van der Waals surface area contributed by atoms with Gasteiger partial charge in [-0.3, -0.25) is 9.59 Å². The molecule has 0 aliphatic carbocycles. The maximum Gasteiger partial charge on any atom is 0.305 e. The summed E-state index contributed by atoms with van der Waals surface area (Å²) in [6.07, 6.45) is 3.09. The van der Waals surface area contributed by atoms with Crippen molar-refractivity contribution in [2.24, 2.45) is 0 Å². The second-order valence-electron chi connectivity index (χ2n) is 10.1. The van der Waals surface area contributed by atoms with Crippen LogP contribution in [-0.2, 0) is 42.9 Å². The van der Waals surface area contributed by atoms with Crippen LogP contribution in [0.5, 0.6) is 0 Å². The van der Waals surface area contributed by atoms with Gasteiger partial charge >= 0.3 is 11.9 Å². The van der Waals surface area contributed by atoms with E-state index in [-0.39, 0.29) is 22.9 Å². The van der Waals surface area contributed by atoms with E-state index in [0.29, 0.717) is 25.7 Å². The first-order chi connectivity index (χ1) is 14.9. The van der Waals surface area contributed by atoms with E-state index < -0.39 is 0 Å². The van der Waals surface area contributed by atoms with E-state index in [1.807, 2.05) is 0 Å². The number of H-pyrrole nitrogens is 1. The van der Waals surface area contributed by atoms with Gasteiger partial charge in [-0.05, 0) is 76.1 Å². The average molecular weight is 443 g/mol. The quantitative estimate of drug-likeness (QED) is 0.631. The molecule has 3 heterocycles. The normalized spacial score (nSPS) is 19.2. The summed E-state index contributed by atoms with van der Waals surface area (Å²) in [5.41, 5.74) is 9.59. The molecule has 0 fully saturated rings. The van der Waals surface area contributed by atoms with E-state index >= 15 is 0 Å². The molecule has 0 saturated carbocycles. The molecule has 1 N–H and O–H groups in total. The molecule has 0 spiro atoms. The standard InChI is InChI=1S/C26H38N2O4/c1-15-19(10-12-21(29)31-8)17(3)27-23(15)26(7)14-25(5,6)24-16(2)20(18(4)28(24)26)11-13-22(30)32-9/h27H,10-14H2,1-9H3. The highest BCUT2D eigenvalue weighted by Crippen LogP contribution is 2.52. The molecule has 176 valence electrons. The van der Waals surface area contributed by atoms with E-state index in [2.05, 4.69) is 58.0 Å².